The Hall–Kier alpha value is -0.260. The summed E-state index contributed by atoms with van der Waals surface area (Å²) in [4.78, 5) is -0.109. The van der Waals surface area contributed by atoms with Crippen LogP contribution < -0.4 is 0 Å². The molecular weight excluding hydrogens is 235 g/mol. The molecule has 2 rings (SSSR count). The van der Waals surface area contributed by atoms with Gasteiger partial charge in [-0.2, -0.15) is 5.10 Å². The molecular formula is C6H6Cl2N2O2S. The van der Waals surface area contributed by atoms with Gasteiger partial charge in [-0.1, -0.05) is 11.6 Å². The Labute approximate surface area is 84.9 Å². The fraction of sp³-hybridized carbons (Fsp3) is 0.500. The summed E-state index contributed by atoms with van der Waals surface area (Å²) < 4.78 is 23.4. The summed E-state index contributed by atoms with van der Waals surface area (Å²) in [6.45, 7) is 0. The highest BCUT2D eigenvalue weighted by Crippen LogP contribution is 2.36. The Morgan fingerprint density at radius 3 is 2.54 bits per heavy atom. The van der Waals surface area contributed by atoms with Gasteiger partial charge in [0, 0.05) is 16.9 Å². The van der Waals surface area contributed by atoms with Gasteiger partial charge in [0.25, 0.3) is 9.05 Å². The lowest BCUT2D eigenvalue weighted by Crippen LogP contribution is -1.93. The first-order valence-electron chi connectivity index (χ1n) is 3.68. The van der Waals surface area contributed by atoms with Gasteiger partial charge in [-0.15, -0.1) is 0 Å². The molecule has 1 fully saturated rings. The Morgan fingerprint density at radius 2 is 2.15 bits per heavy atom. The van der Waals surface area contributed by atoms with E-state index in [2.05, 4.69) is 5.10 Å². The maximum Gasteiger partial charge on any atom is 0.265 e. The van der Waals surface area contributed by atoms with Gasteiger partial charge in [0.05, 0.1) is 6.04 Å². The molecule has 0 N–H and O–H groups in total. The average molecular weight is 241 g/mol. The van der Waals surface area contributed by atoms with Gasteiger partial charge in [0.2, 0.25) is 0 Å². The van der Waals surface area contributed by atoms with Gasteiger partial charge in [0.1, 0.15) is 4.90 Å². The number of nitrogens with zero attached hydrogens (tertiary/aromatic N) is 2. The van der Waals surface area contributed by atoms with Crippen molar-refractivity contribution in [2.24, 2.45) is 0 Å². The van der Waals surface area contributed by atoms with Crippen LogP contribution in [0, 0.1) is 0 Å². The predicted octanol–water partition coefficient (Wildman–Crippen LogP) is 1.80. The minimum atomic E-state index is -3.76. The highest BCUT2D eigenvalue weighted by atomic mass is 35.7. The van der Waals surface area contributed by atoms with Crippen LogP contribution in [-0.4, -0.2) is 18.2 Å². The molecule has 7 heteroatoms. The molecule has 0 atom stereocenters. The number of aromatic nitrogens is 2. The van der Waals surface area contributed by atoms with Crippen molar-refractivity contribution in [3.05, 3.63) is 11.3 Å². The summed E-state index contributed by atoms with van der Waals surface area (Å²) in [6.07, 6.45) is 3.40. The zero-order valence-electron chi connectivity index (χ0n) is 6.44. The third-order valence-electron chi connectivity index (χ3n) is 1.84. The summed E-state index contributed by atoms with van der Waals surface area (Å²) >= 11 is 5.61. The Morgan fingerprint density at radius 1 is 1.54 bits per heavy atom. The van der Waals surface area contributed by atoms with Crippen LogP contribution in [0.5, 0.6) is 0 Å². The first-order chi connectivity index (χ1) is 5.98. The van der Waals surface area contributed by atoms with Gasteiger partial charge in [0.15, 0.2) is 5.15 Å². The summed E-state index contributed by atoms with van der Waals surface area (Å²) in [5.41, 5.74) is 0. The third-order valence-corrected chi connectivity index (χ3v) is 3.55. The second-order valence-electron chi connectivity index (χ2n) is 2.93. The minimum absolute atomic E-state index is 0.0538. The van der Waals surface area contributed by atoms with Crippen LogP contribution >= 0.6 is 22.3 Å². The van der Waals surface area contributed by atoms with E-state index >= 15 is 0 Å². The minimum Gasteiger partial charge on any atom is -0.267 e. The lowest BCUT2D eigenvalue weighted by atomic mass is 10.7. The van der Waals surface area contributed by atoms with Crippen LogP contribution in [0.15, 0.2) is 11.1 Å². The van der Waals surface area contributed by atoms with E-state index in [0.29, 0.717) is 6.04 Å². The van der Waals surface area contributed by atoms with Crippen molar-refractivity contribution in [1.29, 1.82) is 0 Å². The second-order valence-corrected chi connectivity index (χ2v) is 5.83. The largest absolute Gasteiger partial charge is 0.267 e. The third kappa shape index (κ3) is 1.82. The molecule has 1 aromatic heterocycles. The van der Waals surface area contributed by atoms with Crippen LogP contribution in [-0.2, 0) is 9.05 Å². The average Bonchev–Trinajstić information content (AvgIpc) is 2.73. The number of halogens is 2. The van der Waals surface area contributed by atoms with Crippen LogP contribution in [0.3, 0.4) is 0 Å². The molecule has 1 aromatic rings. The molecule has 0 aromatic carbocycles. The molecule has 0 unspecified atom stereocenters. The van der Waals surface area contributed by atoms with Crippen molar-refractivity contribution < 1.29 is 8.42 Å². The van der Waals surface area contributed by atoms with Gasteiger partial charge in [-0.05, 0) is 12.8 Å². The first-order valence-corrected chi connectivity index (χ1v) is 6.36. The van der Waals surface area contributed by atoms with Crippen molar-refractivity contribution >= 4 is 31.3 Å². The zero-order valence-corrected chi connectivity index (χ0v) is 8.77. The summed E-state index contributed by atoms with van der Waals surface area (Å²) in [7, 11) is 1.38. The Kier molecular flexibility index (Phi) is 2.05. The van der Waals surface area contributed by atoms with Crippen LogP contribution in [0.1, 0.15) is 18.9 Å². The quantitative estimate of drug-likeness (QED) is 0.742. The Balaban J connectivity index is 2.47. The number of hydrogen-bond donors (Lipinski definition) is 0. The molecule has 0 amide bonds. The molecule has 0 radical (unpaired) electrons. The fourth-order valence-electron chi connectivity index (χ4n) is 1.04. The molecule has 1 heterocycles. The van der Waals surface area contributed by atoms with E-state index in [4.69, 9.17) is 22.3 Å². The van der Waals surface area contributed by atoms with Gasteiger partial charge < -0.3 is 0 Å². The first kappa shape index (κ1) is 9.30. The zero-order chi connectivity index (χ0) is 9.64. The van der Waals surface area contributed by atoms with Crippen molar-refractivity contribution in [3.8, 4) is 0 Å². The van der Waals surface area contributed by atoms with Crippen LogP contribution in [0.4, 0.5) is 0 Å². The topological polar surface area (TPSA) is 52.0 Å². The number of rotatable bonds is 2. The fourth-order valence-corrected chi connectivity index (χ4v) is 2.42. The predicted molar refractivity (Wildman–Crippen MR) is 48.5 cm³/mol. The van der Waals surface area contributed by atoms with Crippen molar-refractivity contribution in [2.45, 2.75) is 23.8 Å². The smallest absolute Gasteiger partial charge is 0.265 e. The summed E-state index contributed by atoms with van der Waals surface area (Å²) in [5.74, 6) is 0. The molecule has 0 aliphatic heterocycles. The van der Waals surface area contributed by atoms with E-state index in [-0.39, 0.29) is 10.0 Å². The molecule has 1 saturated carbocycles. The monoisotopic (exact) mass is 240 g/mol. The van der Waals surface area contributed by atoms with E-state index in [1.807, 2.05) is 0 Å². The van der Waals surface area contributed by atoms with Gasteiger partial charge >= 0.3 is 0 Å². The molecule has 0 bridgehead atoms. The van der Waals surface area contributed by atoms with E-state index in [1.54, 1.807) is 4.68 Å². The molecule has 72 valence electrons. The van der Waals surface area contributed by atoms with E-state index in [0.717, 1.165) is 12.8 Å². The van der Waals surface area contributed by atoms with Gasteiger partial charge in [-0.25, -0.2) is 8.42 Å². The highest BCUT2D eigenvalue weighted by Gasteiger charge is 2.28. The normalized spacial score (nSPS) is 17.7. The van der Waals surface area contributed by atoms with E-state index in [1.165, 1.54) is 6.20 Å². The maximum absolute atomic E-state index is 10.9. The van der Waals surface area contributed by atoms with Crippen LogP contribution in [0.25, 0.3) is 0 Å². The van der Waals surface area contributed by atoms with Crippen LogP contribution in [0.2, 0.25) is 5.15 Å². The summed E-state index contributed by atoms with van der Waals surface area (Å²) in [6, 6.07) is 0.296. The van der Waals surface area contributed by atoms with Gasteiger partial charge in [-0.3, -0.25) is 4.68 Å². The molecule has 4 nitrogen and oxygen atoms in total. The maximum atomic E-state index is 10.9. The summed E-state index contributed by atoms with van der Waals surface area (Å²) in [5, 5.41) is 3.80. The molecule has 0 spiro atoms. The van der Waals surface area contributed by atoms with E-state index in [9.17, 15) is 8.42 Å². The van der Waals surface area contributed by atoms with Crippen molar-refractivity contribution in [3.63, 3.8) is 0 Å². The number of hydrogen-bond acceptors (Lipinski definition) is 3. The van der Waals surface area contributed by atoms with Crippen molar-refractivity contribution in [2.75, 3.05) is 0 Å². The Bertz CT molecular complexity index is 435. The second kappa shape index (κ2) is 2.87. The van der Waals surface area contributed by atoms with E-state index < -0.39 is 9.05 Å². The molecule has 1 aliphatic rings. The SMILES string of the molecule is O=S(=O)(Cl)c1cn(C2CC2)nc1Cl. The molecule has 13 heavy (non-hydrogen) atoms. The highest BCUT2D eigenvalue weighted by molar-refractivity contribution is 8.13. The van der Waals surface area contributed by atoms with Crippen molar-refractivity contribution in [1.82, 2.24) is 9.78 Å². The molecule has 1 aliphatic carbocycles. The molecule has 0 saturated heterocycles. The standard InChI is InChI=1S/C6H6Cl2N2O2S/c7-6-5(13(8,11)12)3-10(9-6)4-1-2-4/h3-4H,1-2H2. The lowest BCUT2D eigenvalue weighted by molar-refractivity contribution is 0.608. The lowest BCUT2D eigenvalue weighted by Gasteiger charge is -1.92.